The first-order valence-corrected chi connectivity index (χ1v) is 8.34. The van der Waals surface area contributed by atoms with Gasteiger partial charge in [-0.1, -0.05) is 23.2 Å². The normalized spacial score (nSPS) is 10.7. The summed E-state index contributed by atoms with van der Waals surface area (Å²) in [4.78, 5) is 12.0. The fraction of sp³-hybridized carbons (Fsp3) is 0.0909. The number of rotatable bonds is 3. The summed E-state index contributed by atoms with van der Waals surface area (Å²) >= 11 is 21.6. The van der Waals surface area contributed by atoms with Gasteiger partial charge in [0.1, 0.15) is 15.8 Å². The number of anilines is 1. The summed E-state index contributed by atoms with van der Waals surface area (Å²) in [6.07, 6.45) is 0. The Morgan fingerprint density at radius 2 is 1.95 bits per heavy atom. The molecule has 0 spiro atoms. The molecule has 0 fully saturated rings. The summed E-state index contributed by atoms with van der Waals surface area (Å²) in [7, 11) is 0. The van der Waals surface area contributed by atoms with Crippen LogP contribution in [0.25, 0.3) is 0 Å². The number of hydrogen-bond acceptors (Lipinski definition) is 2. The Labute approximate surface area is 150 Å². The topological polar surface area (TPSA) is 46.9 Å². The van der Waals surface area contributed by atoms with Crippen LogP contribution in [0.4, 0.5) is 5.69 Å². The number of benzene rings is 1. The third-order valence-corrected chi connectivity index (χ3v) is 6.21. The minimum absolute atomic E-state index is 0.0605. The van der Waals surface area contributed by atoms with E-state index in [1.807, 2.05) is 0 Å². The van der Waals surface area contributed by atoms with Gasteiger partial charge in [-0.05, 0) is 66.0 Å². The fourth-order valence-corrected chi connectivity index (χ4v) is 3.03. The lowest BCUT2D eigenvalue weighted by Crippen LogP contribution is -2.19. The zero-order valence-electron chi connectivity index (χ0n) is 9.63. The van der Waals surface area contributed by atoms with E-state index in [0.717, 1.165) is 4.47 Å². The van der Waals surface area contributed by atoms with Gasteiger partial charge < -0.3 is 5.32 Å². The predicted molar refractivity (Wildman–Crippen MR) is 90.4 cm³/mol. The number of nitrogens with one attached hydrogen (secondary N) is 1. The molecule has 0 saturated heterocycles. The van der Waals surface area contributed by atoms with Gasteiger partial charge in [0.25, 0.3) is 0 Å². The van der Waals surface area contributed by atoms with E-state index in [1.165, 1.54) is 4.68 Å². The van der Waals surface area contributed by atoms with Crippen molar-refractivity contribution in [3.63, 3.8) is 0 Å². The second-order valence-electron chi connectivity index (χ2n) is 3.73. The van der Waals surface area contributed by atoms with E-state index in [-0.39, 0.29) is 12.5 Å². The number of carbonyl (C=O) groups excluding carboxylic acids is 1. The first-order valence-electron chi connectivity index (χ1n) is 5.20. The molecule has 106 valence electrons. The maximum Gasteiger partial charge on any atom is 0.246 e. The second-order valence-corrected chi connectivity index (χ2v) is 6.84. The molecule has 0 saturated carbocycles. The highest BCUT2D eigenvalue weighted by Crippen LogP contribution is 2.30. The highest BCUT2D eigenvalue weighted by atomic mass is 79.9. The molecule has 2 rings (SSSR count). The predicted octanol–water partition coefficient (Wildman–Crippen LogP) is 5.12. The molecule has 1 aromatic heterocycles. The Kier molecular flexibility index (Phi) is 5.53. The van der Waals surface area contributed by atoms with Crippen LogP contribution in [0.15, 0.2) is 31.9 Å². The van der Waals surface area contributed by atoms with Crippen molar-refractivity contribution < 1.29 is 4.79 Å². The Balaban J connectivity index is 2.09. The molecule has 4 nitrogen and oxygen atoms in total. The van der Waals surface area contributed by atoms with E-state index >= 15 is 0 Å². The van der Waals surface area contributed by atoms with Gasteiger partial charge in [-0.2, -0.15) is 5.10 Å². The maximum absolute atomic E-state index is 12.0. The van der Waals surface area contributed by atoms with Crippen LogP contribution >= 0.6 is 71.0 Å². The maximum atomic E-state index is 12.0. The van der Waals surface area contributed by atoms with Crippen LogP contribution in [0.2, 0.25) is 10.0 Å². The van der Waals surface area contributed by atoms with Crippen molar-refractivity contribution in [3.05, 3.63) is 41.9 Å². The van der Waals surface area contributed by atoms with Crippen LogP contribution in [-0.4, -0.2) is 15.7 Å². The second kappa shape index (κ2) is 6.79. The number of amides is 1. The minimum atomic E-state index is -0.230. The van der Waals surface area contributed by atoms with E-state index < -0.39 is 0 Å². The first kappa shape index (κ1) is 16.3. The van der Waals surface area contributed by atoms with Crippen molar-refractivity contribution in [2.24, 2.45) is 0 Å². The van der Waals surface area contributed by atoms with Crippen LogP contribution in [0.1, 0.15) is 0 Å². The van der Waals surface area contributed by atoms with E-state index in [4.69, 9.17) is 23.2 Å². The minimum Gasteiger partial charge on any atom is -0.324 e. The number of hydrogen-bond donors (Lipinski definition) is 1. The van der Waals surface area contributed by atoms with Crippen molar-refractivity contribution in [1.82, 2.24) is 9.78 Å². The lowest BCUT2D eigenvalue weighted by atomic mass is 10.3. The highest BCUT2D eigenvalue weighted by molar-refractivity contribution is 9.14. The SMILES string of the molecule is O=C(Cn1nc(Br)c(Br)c1Br)Nc1ccc(Cl)c(Cl)c1. The summed E-state index contributed by atoms with van der Waals surface area (Å²) in [5, 5.41) is 7.70. The third kappa shape index (κ3) is 3.76. The molecule has 1 aromatic carbocycles. The molecule has 0 aliphatic rings. The van der Waals surface area contributed by atoms with Gasteiger partial charge in [0.05, 0.1) is 14.5 Å². The standard InChI is InChI=1S/C11H6Br3Cl2N3O/c12-9-10(13)18-19(11(9)14)4-8(20)17-5-1-2-6(15)7(16)3-5/h1-3H,4H2,(H,17,20). The monoisotopic (exact) mass is 503 g/mol. The average Bonchev–Trinajstić information content (AvgIpc) is 2.61. The van der Waals surface area contributed by atoms with Gasteiger partial charge in [-0.15, -0.1) is 0 Å². The first-order chi connectivity index (χ1) is 9.38. The molecule has 9 heteroatoms. The zero-order valence-corrected chi connectivity index (χ0v) is 15.9. The van der Waals surface area contributed by atoms with Crippen LogP contribution in [-0.2, 0) is 11.3 Å². The summed E-state index contributed by atoms with van der Waals surface area (Å²) in [5.41, 5.74) is 0.575. The zero-order chi connectivity index (χ0) is 14.9. The Hall–Kier alpha value is -0.0800. The molecule has 0 atom stereocenters. The van der Waals surface area contributed by atoms with Gasteiger partial charge in [-0.25, -0.2) is 4.68 Å². The van der Waals surface area contributed by atoms with E-state index in [2.05, 4.69) is 58.2 Å². The lowest BCUT2D eigenvalue weighted by Gasteiger charge is -2.07. The van der Waals surface area contributed by atoms with E-state index in [0.29, 0.717) is 24.9 Å². The smallest absolute Gasteiger partial charge is 0.246 e. The molecule has 1 heterocycles. The summed E-state index contributed by atoms with van der Waals surface area (Å²) < 4.78 is 3.56. The van der Waals surface area contributed by atoms with Gasteiger partial charge >= 0.3 is 0 Å². The van der Waals surface area contributed by atoms with Crippen molar-refractivity contribution in [2.45, 2.75) is 6.54 Å². The molecule has 0 aliphatic carbocycles. The van der Waals surface area contributed by atoms with Crippen molar-refractivity contribution in [3.8, 4) is 0 Å². The molecule has 20 heavy (non-hydrogen) atoms. The third-order valence-electron chi connectivity index (χ3n) is 2.29. The molecule has 0 unspecified atom stereocenters. The van der Waals surface area contributed by atoms with Gasteiger partial charge in [0.2, 0.25) is 5.91 Å². The Morgan fingerprint density at radius 1 is 1.25 bits per heavy atom. The summed E-state index contributed by atoms with van der Waals surface area (Å²) in [6.45, 7) is 0.0605. The van der Waals surface area contributed by atoms with Crippen molar-refractivity contribution >= 4 is 82.6 Å². The number of carbonyl (C=O) groups is 1. The van der Waals surface area contributed by atoms with E-state index in [9.17, 15) is 4.79 Å². The molecule has 2 aromatic rings. The lowest BCUT2D eigenvalue weighted by molar-refractivity contribution is -0.116. The van der Waals surface area contributed by atoms with Gasteiger partial charge in [0, 0.05) is 5.69 Å². The quantitative estimate of drug-likeness (QED) is 0.628. The Morgan fingerprint density at radius 3 is 2.50 bits per heavy atom. The molecule has 1 N–H and O–H groups in total. The molecular formula is C11H6Br3Cl2N3O. The van der Waals surface area contributed by atoms with Crippen molar-refractivity contribution in [2.75, 3.05) is 5.32 Å². The van der Waals surface area contributed by atoms with Crippen LogP contribution < -0.4 is 5.32 Å². The van der Waals surface area contributed by atoms with Gasteiger partial charge in [0.15, 0.2) is 0 Å². The summed E-state index contributed by atoms with van der Waals surface area (Å²) in [6, 6.07) is 4.89. The van der Waals surface area contributed by atoms with Crippen LogP contribution in [0.5, 0.6) is 0 Å². The van der Waals surface area contributed by atoms with Crippen LogP contribution in [0.3, 0.4) is 0 Å². The fourth-order valence-electron chi connectivity index (χ4n) is 1.41. The average molecular weight is 507 g/mol. The highest BCUT2D eigenvalue weighted by Gasteiger charge is 2.14. The molecule has 0 bridgehead atoms. The molecule has 1 amide bonds. The number of aromatic nitrogens is 2. The molecular weight excluding hydrogens is 501 g/mol. The van der Waals surface area contributed by atoms with Crippen molar-refractivity contribution in [1.29, 1.82) is 0 Å². The van der Waals surface area contributed by atoms with E-state index in [1.54, 1.807) is 18.2 Å². The Bertz CT molecular complexity index is 675. The molecule has 0 radical (unpaired) electrons. The molecule has 0 aliphatic heterocycles. The van der Waals surface area contributed by atoms with Gasteiger partial charge in [-0.3, -0.25) is 4.79 Å². The number of halogens is 5. The largest absolute Gasteiger partial charge is 0.324 e. The van der Waals surface area contributed by atoms with Crippen LogP contribution in [0, 0.1) is 0 Å². The summed E-state index contributed by atoms with van der Waals surface area (Å²) in [5.74, 6) is -0.230. The number of nitrogens with zero attached hydrogens (tertiary/aromatic N) is 2.